The molecule has 28 heavy (non-hydrogen) atoms. The van der Waals surface area contributed by atoms with E-state index in [9.17, 15) is 0 Å². The van der Waals surface area contributed by atoms with Gasteiger partial charge in [-0.25, -0.2) is 9.97 Å². The Kier molecular flexibility index (Phi) is 4.13. The summed E-state index contributed by atoms with van der Waals surface area (Å²) in [5.74, 6) is 1.37. The number of aromatic nitrogens is 3. The van der Waals surface area contributed by atoms with Crippen LogP contribution in [0.15, 0.2) is 71.4 Å². The van der Waals surface area contributed by atoms with E-state index in [2.05, 4.69) is 39.7 Å². The first-order valence-corrected chi connectivity index (χ1v) is 9.46. The molecular formula is C23H20N4O. The van der Waals surface area contributed by atoms with Crippen molar-refractivity contribution >= 4 is 5.95 Å². The fourth-order valence-corrected chi connectivity index (χ4v) is 3.87. The van der Waals surface area contributed by atoms with E-state index in [0.29, 0.717) is 12.0 Å². The van der Waals surface area contributed by atoms with Gasteiger partial charge in [0.2, 0.25) is 5.95 Å². The van der Waals surface area contributed by atoms with E-state index >= 15 is 0 Å². The van der Waals surface area contributed by atoms with Crippen LogP contribution in [0.3, 0.4) is 0 Å². The van der Waals surface area contributed by atoms with Crippen LogP contribution < -0.4 is 5.32 Å². The van der Waals surface area contributed by atoms with Gasteiger partial charge in [-0.1, -0.05) is 59.8 Å². The second-order valence-corrected chi connectivity index (χ2v) is 7.12. The summed E-state index contributed by atoms with van der Waals surface area (Å²) in [5, 5.41) is 7.67. The maximum atomic E-state index is 5.62. The largest absolute Gasteiger partial charge is 0.355 e. The van der Waals surface area contributed by atoms with Crippen LogP contribution in [-0.2, 0) is 12.8 Å². The SMILES string of the molecule is Cc1noc(-c2ccccc2)c1-c1ccnc(NC2Cc3ccccc3C2)n1. The average molecular weight is 368 g/mol. The van der Waals surface area contributed by atoms with Gasteiger partial charge in [0, 0.05) is 17.8 Å². The van der Waals surface area contributed by atoms with Crippen molar-refractivity contribution in [2.75, 3.05) is 5.32 Å². The molecule has 2 aromatic carbocycles. The monoisotopic (exact) mass is 368 g/mol. The predicted octanol–water partition coefficient (Wildman–Crippen LogP) is 4.69. The zero-order valence-electron chi connectivity index (χ0n) is 15.6. The summed E-state index contributed by atoms with van der Waals surface area (Å²) in [6.07, 6.45) is 3.77. The van der Waals surface area contributed by atoms with Gasteiger partial charge in [0.1, 0.15) is 0 Å². The van der Waals surface area contributed by atoms with Crippen molar-refractivity contribution in [2.24, 2.45) is 0 Å². The molecule has 0 bridgehead atoms. The average Bonchev–Trinajstić information content (AvgIpc) is 3.31. The van der Waals surface area contributed by atoms with E-state index in [0.717, 1.165) is 41.1 Å². The van der Waals surface area contributed by atoms with Gasteiger partial charge in [-0.05, 0) is 37.0 Å². The lowest BCUT2D eigenvalue weighted by Crippen LogP contribution is -2.21. The van der Waals surface area contributed by atoms with E-state index in [4.69, 9.17) is 9.51 Å². The van der Waals surface area contributed by atoms with E-state index < -0.39 is 0 Å². The highest BCUT2D eigenvalue weighted by atomic mass is 16.5. The van der Waals surface area contributed by atoms with Crippen molar-refractivity contribution < 1.29 is 4.52 Å². The summed E-state index contributed by atoms with van der Waals surface area (Å²) < 4.78 is 5.62. The molecule has 1 N–H and O–H groups in total. The van der Waals surface area contributed by atoms with Crippen LogP contribution in [0, 0.1) is 6.92 Å². The first kappa shape index (κ1) is 16.7. The van der Waals surface area contributed by atoms with Crippen LogP contribution in [0.1, 0.15) is 16.8 Å². The summed E-state index contributed by atoms with van der Waals surface area (Å²) in [6, 6.07) is 20.8. The zero-order valence-corrected chi connectivity index (χ0v) is 15.6. The third kappa shape index (κ3) is 3.05. The molecule has 2 heterocycles. The lowest BCUT2D eigenvalue weighted by atomic mass is 10.0. The van der Waals surface area contributed by atoms with Crippen LogP contribution in [0.2, 0.25) is 0 Å². The van der Waals surface area contributed by atoms with E-state index in [1.165, 1.54) is 11.1 Å². The molecule has 5 nitrogen and oxygen atoms in total. The van der Waals surface area contributed by atoms with Gasteiger partial charge in [-0.2, -0.15) is 0 Å². The van der Waals surface area contributed by atoms with Crippen molar-refractivity contribution in [2.45, 2.75) is 25.8 Å². The van der Waals surface area contributed by atoms with Crippen LogP contribution in [-0.4, -0.2) is 21.2 Å². The topological polar surface area (TPSA) is 63.8 Å². The second kappa shape index (κ2) is 6.93. The molecule has 4 aromatic rings. The Morgan fingerprint density at radius 2 is 1.64 bits per heavy atom. The maximum Gasteiger partial charge on any atom is 0.223 e. The lowest BCUT2D eigenvalue weighted by molar-refractivity contribution is 0.427. The van der Waals surface area contributed by atoms with Crippen molar-refractivity contribution in [1.82, 2.24) is 15.1 Å². The number of nitrogens with one attached hydrogen (secondary N) is 1. The summed E-state index contributed by atoms with van der Waals surface area (Å²) in [6.45, 7) is 1.94. The third-order valence-electron chi connectivity index (χ3n) is 5.19. The molecular weight excluding hydrogens is 348 g/mol. The molecule has 0 radical (unpaired) electrons. The number of hydrogen-bond acceptors (Lipinski definition) is 5. The normalized spacial score (nSPS) is 13.5. The molecule has 5 rings (SSSR count). The first-order chi connectivity index (χ1) is 13.8. The molecule has 0 spiro atoms. The minimum Gasteiger partial charge on any atom is -0.355 e. The molecule has 0 saturated carbocycles. The van der Waals surface area contributed by atoms with Crippen LogP contribution >= 0.6 is 0 Å². The molecule has 0 fully saturated rings. The number of fused-ring (bicyclic) bond motifs is 1. The molecule has 0 saturated heterocycles. The fraction of sp³-hybridized carbons (Fsp3) is 0.174. The van der Waals surface area contributed by atoms with Gasteiger partial charge in [-0.3, -0.25) is 0 Å². The predicted molar refractivity (Wildman–Crippen MR) is 109 cm³/mol. The van der Waals surface area contributed by atoms with Gasteiger partial charge >= 0.3 is 0 Å². The van der Waals surface area contributed by atoms with Gasteiger partial charge in [-0.15, -0.1) is 0 Å². The number of rotatable bonds is 4. The Balaban J connectivity index is 1.44. The molecule has 2 aromatic heterocycles. The minimum absolute atomic E-state index is 0.310. The quantitative estimate of drug-likeness (QED) is 0.566. The fourth-order valence-electron chi connectivity index (χ4n) is 3.87. The smallest absolute Gasteiger partial charge is 0.223 e. The highest BCUT2D eigenvalue weighted by Crippen LogP contribution is 2.34. The number of aryl methyl sites for hydroxylation is 1. The Morgan fingerprint density at radius 3 is 2.39 bits per heavy atom. The van der Waals surface area contributed by atoms with Crippen molar-refractivity contribution in [3.05, 3.63) is 83.7 Å². The van der Waals surface area contributed by atoms with Crippen molar-refractivity contribution in [3.63, 3.8) is 0 Å². The Labute approximate surface area is 163 Å². The summed E-state index contributed by atoms with van der Waals surface area (Å²) in [4.78, 5) is 9.20. The standard InChI is InChI=1S/C23H20N4O/c1-15-21(22(28-27-15)16-7-3-2-4-8-16)20-11-12-24-23(26-20)25-19-13-17-9-5-6-10-18(17)14-19/h2-12,19H,13-14H2,1H3,(H,24,25,26). The molecule has 0 aliphatic heterocycles. The summed E-state index contributed by atoms with van der Waals surface area (Å²) in [5.41, 5.74) is 6.32. The number of anilines is 1. The van der Waals surface area contributed by atoms with Gasteiger partial charge in [0.25, 0.3) is 0 Å². The Morgan fingerprint density at radius 1 is 0.929 bits per heavy atom. The van der Waals surface area contributed by atoms with E-state index in [1.54, 1.807) is 6.20 Å². The van der Waals surface area contributed by atoms with Crippen LogP contribution in [0.25, 0.3) is 22.6 Å². The van der Waals surface area contributed by atoms with Gasteiger partial charge in [0.15, 0.2) is 5.76 Å². The molecule has 0 atom stereocenters. The third-order valence-corrected chi connectivity index (χ3v) is 5.19. The number of hydrogen-bond donors (Lipinski definition) is 1. The second-order valence-electron chi connectivity index (χ2n) is 7.12. The first-order valence-electron chi connectivity index (χ1n) is 9.46. The molecule has 1 aliphatic carbocycles. The van der Waals surface area contributed by atoms with Crippen molar-refractivity contribution in [3.8, 4) is 22.6 Å². The van der Waals surface area contributed by atoms with Gasteiger partial charge in [0.05, 0.1) is 17.0 Å². The van der Waals surface area contributed by atoms with E-state index in [1.807, 2.05) is 43.3 Å². The summed E-state index contributed by atoms with van der Waals surface area (Å²) >= 11 is 0. The zero-order chi connectivity index (χ0) is 18.9. The Bertz CT molecular complexity index is 1100. The van der Waals surface area contributed by atoms with Crippen molar-refractivity contribution in [1.29, 1.82) is 0 Å². The number of nitrogens with zero attached hydrogens (tertiary/aromatic N) is 3. The van der Waals surface area contributed by atoms with Gasteiger partial charge < -0.3 is 9.84 Å². The maximum absolute atomic E-state index is 5.62. The summed E-state index contributed by atoms with van der Waals surface area (Å²) in [7, 11) is 0. The number of benzene rings is 2. The molecule has 138 valence electrons. The van der Waals surface area contributed by atoms with Crippen LogP contribution in [0.4, 0.5) is 5.95 Å². The molecule has 0 amide bonds. The molecule has 1 aliphatic rings. The van der Waals surface area contributed by atoms with Crippen LogP contribution in [0.5, 0.6) is 0 Å². The Hall–Kier alpha value is -3.47. The van der Waals surface area contributed by atoms with E-state index in [-0.39, 0.29) is 0 Å². The molecule has 5 heteroatoms. The minimum atomic E-state index is 0.310. The lowest BCUT2D eigenvalue weighted by Gasteiger charge is -2.12. The highest BCUT2D eigenvalue weighted by molar-refractivity contribution is 5.79. The molecule has 0 unspecified atom stereocenters. The highest BCUT2D eigenvalue weighted by Gasteiger charge is 2.22.